The molecule has 7 nitrogen and oxygen atoms in total. The Balaban J connectivity index is 0.000000309. The number of imidazole rings is 1. The molecule has 0 aliphatic carbocycles. The third kappa shape index (κ3) is 4.52. The number of rotatable bonds is 1. The Bertz CT molecular complexity index is 706. The summed E-state index contributed by atoms with van der Waals surface area (Å²) in [5.41, 5.74) is 3.30. The maximum Gasteiger partial charge on any atom is 0.466 e. The second-order valence-corrected chi connectivity index (χ2v) is 5.97. The fourth-order valence-electron chi connectivity index (χ4n) is 2.53. The van der Waals surface area contributed by atoms with E-state index in [1.165, 1.54) is 17.7 Å². The molecule has 0 radical (unpaired) electrons. The molecule has 116 valence electrons. The number of benzene rings is 1. The molecule has 0 saturated heterocycles. The summed E-state index contributed by atoms with van der Waals surface area (Å²) in [7, 11) is -4.64. The second-order valence-electron chi connectivity index (χ2n) is 4.95. The predicted molar refractivity (Wildman–Crippen MR) is 78.7 cm³/mol. The highest BCUT2D eigenvalue weighted by atomic mass is 31.2. The Morgan fingerprint density at radius 3 is 2.50 bits per heavy atom. The van der Waals surface area contributed by atoms with Crippen molar-refractivity contribution in [1.82, 2.24) is 9.55 Å². The van der Waals surface area contributed by atoms with E-state index in [-0.39, 0.29) is 0 Å². The number of aromatic nitrogens is 2. The largest absolute Gasteiger partial charge is 0.466 e. The molecule has 1 aliphatic rings. The molecular weight excluding hydrogens is 305 g/mol. The SMILES string of the molecule is N#Cc1ccc([C@H]2CCCc3cncn32)cc1.O=P(O)(O)O. The van der Waals surface area contributed by atoms with E-state index >= 15 is 0 Å². The summed E-state index contributed by atoms with van der Waals surface area (Å²) in [6.45, 7) is 0. The average Bonchev–Trinajstić information content (AvgIpc) is 2.94. The van der Waals surface area contributed by atoms with E-state index in [0.29, 0.717) is 6.04 Å². The smallest absolute Gasteiger partial charge is 0.327 e. The Morgan fingerprint density at radius 1 is 1.27 bits per heavy atom. The third-order valence-corrected chi connectivity index (χ3v) is 3.42. The first-order valence-corrected chi connectivity index (χ1v) is 8.24. The van der Waals surface area contributed by atoms with Crippen LogP contribution in [-0.4, -0.2) is 24.2 Å². The van der Waals surface area contributed by atoms with E-state index in [1.54, 1.807) is 0 Å². The van der Waals surface area contributed by atoms with E-state index in [4.69, 9.17) is 24.5 Å². The zero-order valence-electron chi connectivity index (χ0n) is 11.7. The lowest BCUT2D eigenvalue weighted by Gasteiger charge is -2.25. The summed E-state index contributed by atoms with van der Waals surface area (Å²) in [5, 5.41) is 8.80. The van der Waals surface area contributed by atoms with Crippen LogP contribution in [0.3, 0.4) is 0 Å². The van der Waals surface area contributed by atoms with Gasteiger partial charge in [-0.25, -0.2) is 9.55 Å². The van der Waals surface area contributed by atoms with Crippen molar-refractivity contribution in [3.63, 3.8) is 0 Å². The van der Waals surface area contributed by atoms with Crippen LogP contribution in [0, 0.1) is 11.3 Å². The molecule has 8 heteroatoms. The van der Waals surface area contributed by atoms with Gasteiger partial charge in [-0.2, -0.15) is 5.26 Å². The maximum atomic E-state index is 8.88. The predicted octanol–water partition coefficient (Wildman–Crippen LogP) is 1.75. The van der Waals surface area contributed by atoms with Crippen molar-refractivity contribution in [1.29, 1.82) is 5.26 Å². The molecule has 0 saturated carbocycles. The lowest BCUT2D eigenvalue weighted by Crippen LogP contribution is -2.17. The van der Waals surface area contributed by atoms with Crippen LogP contribution >= 0.6 is 7.82 Å². The van der Waals surface area contributed by atoms with Gasteiger partial charge in [0.25, 0.3) is 0 Å². The number of aryl methyl sites for hydroxylation is 1. The number of hydrogen-bond donors (Lipinski definition) is 3. The van der Waals surface area contributed by atoms with Crippen LogP contribution in [-0.2, 0) is 11.0 Å². The van der Waals surface area contributed by atoms with Crippen molar-refractivity contribution in [2.75, 3.05) is 0 Å². The van der Waals surface area contributed by atoms with Gasteiger partial charge >= 0.3 is 7.82 Å². The summed E-state index contributed by atoms with van der Waals surface area (Å²) in [6.07, 6.45) is 7.34. The molecule has 3 N–H and O–H groups in total. The molecule has 2 aromatic rings. The Labute approximate surface area is 127 Å². The molecule has 1 atom stereocenters. The van der Waals surface area contributed by atoms with E-state index in [2.05, 4.69) is 27.8 Å². The Morgan fingerprint density at radius 2 is 1.91 bits per heavy atom. The first kappa shape index (κ1) is 16.4. The number of fused-ring (bicyclic) bond motifs is 1. The van der Waals surface area contributed by atoms with Crippen molar-refractivity contribution in [2.45, 2.75) is 25.3 Å². The minimum absolute atomic E-state index is 0.383. The van der Waals surface area contributed by atoms with Crippen LogP contribution in [0.25, 0.3) is 0 Å². The van der Waals surface area contributed by atoms with Gasteiger partial charge < -0.3 is 19.2 Å². The molecule has 0 unspecified atom stereocenters. The van der Waals surface area contributed by atoms with Gasteiger partial charge in [-0.3, -0.25) is 0 Å². The van der Waals surface area contributed by atoms with Gasteiger partial charge in [0.1, 0.15) is 0 Å². The summed E-state index contributed by atoms with van der Waals surface area (Å²) in [6, 6.07) is 10.4. The van der Waals surface area contributed by atoms with Gasteiger partial charge in [-0.05, 0) is 37.0 Å². The molecular formula is C14H16N3O4P. The molecule has 1 aromatic carbocycles. The van der Waals surface area contributed by atoms with Crippen molar-refractivity contribution in [3.05, 3.63) is 53.6 Å². The van der Waals surface area contributed by atoms with Crippen molar-refractivity contribution >= 4 is 7.82 Å². The van der Waals surface area contributed by atoms with Crippen LogP contribution in [0.4, 0.5) is 0 Å². The standard InChI is InChI=1S/C14H13N3.H3O4P/c15-8-11-4-6-12(7-5-11)14-3-1-2-13-9-16-10-17(13)14;1-5(2,3)4/h4-7,9-10,14H,1-3H2;(H3,1,2,3,4)/t14-;/m1./s1. The van der Waals surface area contributed by atoms with E-state index in [1.807, 2.05) is 24.7 Å². The maximum absolute atomic E-state index is 8.88. The van der Waals surface area contributed by atoms with Gasteiger partial charge in [0.2, 0.25) is 0 Å². The normalized spacial score (nSPS) is 16.9. The molecule has 22 heavy (non-hydrogen) atoms. The summed E-state index contributed by atoms with van der Waals surface area (Å²) >= 11 is 0. The van der Waals surface area contributed by atoms with Crippen molar-refractivity contribution in [3.8, 4) is 6.07 Å². The van der Waals surface area contributed by atoms with E-state index in [0.717, 1.165) is 18.4 Å². The lowest BCUT2D eigenvalue weighted by molar-refractivity contribution is 0.275. The van der Waals surface area contributed by atoms with Gasteiger partial charge in [0, 0.05) is 11.9 Å². The highest BCUT2D eigenvalue weighted by molar-refractivity contribution is 7.45. The second kappa shape index (κ2) is 6.86. The van der Waals surface area contributed by atoms with Crippen LogP contribution < -0.4 is 0 Å². The third-order valence-electron chi connectivity index (χ3n) is 3.42. The van der Waals surface area contributed by atoms with Crippen LogP contribution in [0.1, 0.15) is 35.7 Å². The zero-order valence-corrected chi connectivity index (χ0v) is 12.6. The Kier molecular flexibility index (Phi) is 5.11. The van der Waals surface area contributed by atoms with Crippen LogP contribution in [0.5, 0.6) is 0 Å². The first-order valence-electron chi connectivity index (χ1n) is 6.67. The van der Waals surface area contributed by atoms with Crippen molar-refractivity contribution < 1.29 is 19.2 Å². The van der Waals surface area contributed by atoms with Gasteiger partial charge in [-0.1, -0.05) is 12.1 Å². The molecule has 1 aliphatic heterocycles. The van der Waals surface area contributed by atoms with Gasteiger partial charge in [-0.15, -0.1) is 0 Å². The quantitative estimate of drug-likeness (QED) is 0.688. The number of nitrogens with zero attached hydrogens (tertiary/aromatic N) is 3. The fraction of sp³-hybridized carbons (Fsp3) is 0.286. The minimum atomic E-state index is -4.64. The first-order chi connectivity index (χ1) is 10.4. The molecule has 0 amide bonds. The van der Waals surface area contributed by atoms with Gasteiger partial charge in [0.05, 0.1) is 24.0 Å². The molecule has 2 heterocycles. The fourth-order valence-corrected chi connectivity index (χ4v) is 2.53. The van der Waals surface area contributed by atoms with Gasteiger partial charge in [0.15, 0.2) is 0 Å². The van der Waals surface area contributed by atoms with Crippen molar-refractivity contribution in [2.24, 2.45) is 0 Å². The summed E-state index contributed by atoms with van der Waals surface area (Å²) in [4.78, 5) is 25.8. The van der Waals surface area contributed by atoms with E-state index in [9.17, 15) is 0 Å². The number of nitriles is 1. The molecule has 0 spiro atoms. The topological polar surface area (TPSA) is 119 Å². The highest BCUT2D eigenvalue weighted by Crippen LogP contribution is 2.30. The van der Waals surface area contributed by atoms with Crippen LogP contribution in [0.15, 0.2) is 36.8 Å². The zero-order chi connectivity index (χ0) is 16.2. The summed E-state index contributed by atoms with van der Waals surface area (Å²) in [5.74, 6) is 0. The molecule has 0 bridgehead atoms. The molecule has 0 fully saturated rings. The monoisotopic (exact) mass is 321 g/mol. The number of phosphoric acid groups is 1. The minimum Gasteiger partial charge on any atom is -0.327 e. The lowest BCUT2D eigenvalue weighted by atomic mass is 9.96. The molecule has 1 aromatic heterocycles. The van der Waals surface area contributed by atoms with E-state index < -0.39 is 7.82 Å². The van der Waals surface area contributed by atoms with Crippen LogP contribution in [0.2, 0.25) is 0 Å². The summed E-state index contributed by atoms with van der Waals surface area (Å²) < 4.78 is 11.1. The number of hydrogen-bond acceptors (Lipinski definition) is 3. The Hall–Kier alpha value is -1.97. The average molecular weight is 321 g/mol. The molecule has 3 rings (SSSR count). The highest BCUT2D eigenvalue weighted by Gasteiger charge is 2.20.